The molecule has 0 saturated heterocycles. The van der Waals surface area contributed by atoms with Gasteiger partial charge in [0.15, 0.2) is 9.49 Å². The molecule has 2 rings (SSSR count). The standard InChI is InChI=1S/C6H3Cl2N5S2/c1-2-10-13-6(14-2)15-4-3(7)11-12-5(8)9-4/h1H3. The third-order valence-electron chi connectivity index (χ3n) is 1.28. The lowest BCUT2D eigenvalue weighted by molar-refractivity contribution is 0.901. The normalized spacial score (nSPS) is 10.6. The van der Waals surface area contributed by atoms with E-state index in [4.69, 9.17) is 23.2 Å². The van der Waals surface area contributed by atoms with Crippen molar-refractivity contribution in [2.75, 3.05) is 0 Å². The Labute approximate surface area is 103 Å². The van der Waals surface area contributed by atoms with Gasteiger partial charge in [0.1, 0.15) is 10.0 Å². The van der Waals surface area contributed by atoms with E-state index < -0.39 is 0 Å². The highest BCUT2D eigenvalue weighted by Gasteiger charge is 2.10. The van der Waals surface area contributed by atoms with Crippen LogP contribution >= 0.6 is 46.3 Å². The molecule has 9 heteroatoms. The molecule has 2 aromatic rings. The first-order valence-electron chi connectivity index (χ1n) is 3.69. The van der Waals surface area contributed by atoms with Gasteiger partial charge in [-0.1, -0.05) is 22.9 Å². The maximum absolute atomic E-state index is 5.79. The molecule has 0 aliphatic rings. The van der Waals surface area contributed by atoms with Crippen LogP contribution in [-0.2, 0) is 0 Å². The maximum atomic E-state index is 5.79. The molecule has 0 saturated carbocycles. The molecule has 0 radical (unpaired) electrons. The molecule has 2 heterocycles. The lowest BCUT2D eigenvalue weighted by atomic mass is 10.9. The van der Waals surface area contributed by atoms with E-state index in [-0.39, 0.29) is 10.4 Å². The van der Waals surface area contributed by atoms with E-state index in [1.165, 1.54) is 23.1 Å². The Kier molecular flexibility index (Phi) is 3.35. The van der Waals surface area contributed by atoms with E-state index in [2.05, 4.69) is 25.4 Å². The molecule has 15 heavy (non-hydrogen) atoms. The summed E-state index contributed by atoms with van der Waals surface area (Å²) in [5, 5.41) is 16.6. The molecule has 0 atom stereocenters. The largest absolute Gasteiger partial charge is 0.244 e. The molecule has 0 aliphatic carbocycles. The molecule has 0 N–H and O–H groups in total. The molecule has 0 aliphatic heterocycles. The molecule has 0 aromatic carbocycles. The number of hydrogen-bond donors (Lipinski definition) is 0. The number of nitrogens with zero attached hydrogens (tertiary/aromatic N) is 5. The van der Waals surface area contributed by atoms with Gasteiger partial charge in [-0.3, -0.25) is 0 Å². The molecular weight excluding hydrogens is 277 g/mol. The van der Waals surface area contributed by atoms with Crippen LogP contribution < -0.4 is 0 Å². The number of aromatic nitrogens is 5. The van der Waals surface area contributed by atoms with Crippen LogP contribution in [0.3, 0.4) is 0 Å². The number of aryl methyl sites for hydroxylation is 1. The second-order valence-corrected chi connectivity index (χ2v) is 5.48. The smallest absolute Gasteiger partial charge is 0.206 e. The van der Waals surface area contributed by atoms with Crippen molar-refractivity contribution >= 4 is 46.3 Å². The second kappa shape index (κ2) is 4.56. The first kappa shape index (κ1) is 11.0. The average Bonchev–Trinajstić information content (AvgIpc) is 2.58. The summed E-state index contributed by atoms with van der Waals surface area (Å²) in [6.45, 7) is 1.87. The minimum absolute atomic E-state index is 0.0585. The van der Waals surface area contributed by atoms with Gasteiger partial charge in [0.2, 0.25) is 5.28 Å². The fourth-order valence-electron chi connectivity index (χ4n) is 0.748. The van der Waals surface area contributed by atoms with E-state index in [0.717, 1.165) is 9.35 Å². The molecule has 78 valence electrons. The van der Waals surface area contributed by atoms with Gasteiger partial charge in [0, 0.05) is 0 Å². The van der Waals surface area contributed by atoms with Crippen LogP contribution in [0.25, 0.3) is 0 Å². The maximum Gasteiger partial charge on any atom is 0.244 e. The first-order chi connectivity index (χ1) is 7.15. The van der Waals surface area contributed by atoms with Crippen molar-refractivity contribution < 1.29 is 0 Å². The predicted molar refractivity (Wildman–Crippen MR) is 58.6 cm³/mol. The highest BCUT2D eigenvalue weighted by molar-refractivity contribution is 8.01. The van der Waals surface area contributed by atoms with E-state index >= 15 is 0 Å². The molecule has 0 unspecified atom stereocenters. The molecule has 0 amide bonds. The summed E-state index contributed by atoms with van der Waals surface area (Å²) in [6, 6.07) is 0. The van der Waals surface area contributed by atoms with Gasteiger partial charge in [-0.25, -0.2) is 4.98 Å². The average molecular weight is 280 g/mol. The fraction of sp³-hybridized carbons (Fsp3) is 0.167. The fourth-order valence-corrected chi connectivity index (χ4v) is 2.80. The summed E-state index contributed by atoms with van der Waals surface area (Å²) in [6.07, 6.45) is 0. The monoisotopic (exact) mass is 279 g/mol. The highest BCUT2D eigenvalue weighted by atomic mass is 35.5. The lowest BCUT2D eigenvalue weighted by Crippen LogP contribution is -1.91. The van der Waals surface area contributed by atoms with E-state index in [1.807, 2.05) is 6.92 Å². The summed E-state index contributed by atoms with van der Waals surface area (Å²) < 4.78 is 0.742. The quantitative estimate of drug-likeness (QED) is 0.842. The Morgan fingerprint density at radius 3 is 2.60 bits per heavy atom. The van der Waals surface area contributed by atoms with Crippen LogP contribution in [0.4, 0.5) is 0 Å². The zero-order chi connectivity index (χ0) is 10.8. The lowest BCUT2D eigenvalue weighted by Gasteiger charge is -1.97. The third kappa shape index (κ3) is 2.75. The summed E-state index contributed by atoms with van der Waals surface area (Å²) in [5.74, 6) is 0. The number of rotatable bonds is 2. The minimum Gasteiger partial charge on any atom is -0.206 e. The predicted octanol–water partition coefficient (Wildman–Crippen LogP) is 2.49. The molecule has 2 aromatic heterocycles. The van der Waals surface area contributed by atoms with Crippen LogP contribution in [0.1, 0.15) is 5.01 Å². The van der Waals surface area contributed by atoms with Crippen molar-refractivity contribution in [1.82, 2.24) is 25.4 Å². The van der Waals surface area contributed by atoms with Gasteiger partial charge in [-0.2, -0.15) is 0 Å². The van der Waals surface area contributed by atoms with Gasteiger partial charge < -0.3 is 0 Å². The van der Waals surface area contributed by atoms with Crippen molar-refractivity contribution in [1.29, 1.82) is 0 Å². The highest BCUT2D eigenvalue weighted by Crippen LogP contribution is 2.32. The summed E-state index contributed by atoms with van der Waals surface area (Å²) in [4.78, 5) is 3.94. The van der Waals surface area contributed by atoms with Crippen LogP contribution in [-0.4, -0.2) is 25.4 Å². The zero-order valence-corrected chi connectivity index (χ0v) is 10.5. The van der Waals surface area contributed by atoms with Crippen molar-refractivity contribution in [2.24, 2.45) is 0 Å². The van der Waals surface area contributed by atoms with Crippen molar-refractivity contribution in [3.8, 4) is 0 Å². The SMILES string of the molecule is Cc1nnc(Sc2nc(Cl)nnc2Cl)s1. The Hall–Kier alpha value is -0.500. The van der Waals surface area contributed by atoms with E-state index in [0.29, 0.717) is 5.03 Å². The Morgan fingerprint density at radius 1 is 1.13 bits per heavy atom. The molecule has 0 spiro atoms. The van der Waals surface area contributed by atoms with E-state index in [9.17, 15) is 0 Å². The van der Waals surface area contributed by atoms with Crippen LogP contribution in [0.2, 0.25) is 10.4 Å². The van der Waals surface area contributed by atoms with Crippen LogP contribution in [0.15, 0.2) is 9.37 Å². The van der Waals surface area contributed by atoms with Gasteiger partial charge >= 0.3 is 0 Å². The van der Waals surface area contributed by atoms with Gasteiger partial charge in [-0.15, -0.1) is 20.4 Å². The van der Waals surface area contributed by atoms with Crippen LogP contribution in [0.5, 0.6) is 0 Å². The van der Waals surface area contributed by atoms with Crippen LogP contribution in [0, 0.1) is 6.92 Å². The topological polar surface area (TPSA) is 64.5 Å². The van der Waals surface area contributed by atoms with Gasteiger partial charge in [0.25, 0.3) is 0 Å². The van der Waals surface area contributed by atoms with Crippen molar-refractivity contribution in [3.63, 3.8) is 0 Å². The minimum atomic E-state index is 0.0585. The Morgan fingerprint density at radius 2 is 1.93 bits per heavy atom. The summed E-state index contributed by atoms with van der Waals surface area (Å²) in [7, 11) is 0. The third-order valence-corrected chi connectivity index (χ3v) is 3.68. The van der Waals surface area contributed by atoms with Gasteiger partial charge in [-0.05, 0) is 30.3 Å². The van der Waals surface area contributed by atoms with Gasteiger partial charge in [0.05, 0.1) is 0 Å². The van der Waals surface area contributed by atoms with Crippen molar-refractivity contribution in [2.45, 2.75) is 16.3 Å². The molecule has 0 fully saturated rings. The Balaban J connectivity index is 2.27. The second-order valence-electron chi connectivity index (χ2n) is 2.37. The van der Waals surface area contributed by atoms with Crippen molar-refractivity contribution in [3.05, 3.63) is 15.4 Å². The zero-order valence-electron chi connectivity index (χ0n) is 7.31. The molecule has 0 bridgehead atoms. The molecule has 5 nitrogen and oxygen atoms in total. The summed E-state index contributed by atoms with van der Waals surface area (Å²) >= 11 is 14.1. The number of halogens is 2. The Bertz CT molecular complexity index is 488. The van der Waals surface area contributed by atoms with E-state index in [1.54, 1.807) is 0 Å². The summed E-state index contributed by atoms with van der Waals surface area (Å²) in [5.41, 5.74) is 0. The number of hydrogen-bond acceptors (Lipinski definition) is 7. The molecular formula is C6H3Cl2N5S2. The first-order valence-corrected chi connectivity index (χ1v) is 6.08.